The number of carbonyl (C=O) groups is 2. The SMILES string of the molecule is CCOc1ccccc1CN1C(=O)[C@](O)(CC(C)=O)c2cccc(C)c21. The van der Waals surface area contributed by atoms with Gasteiger partial charge in [-0.25, -0.2) is 0 Å². The van der Waals surface area contributed by atoms with Crippen LogP contribution in [0.15, 0.2) is 42.5 Å². The lowest BCUT2D eigenvalue weighted by Gasteiger charge is -2.23. The summed E-state index contributed by atoms with van der Waals surface area (Å²) in [6.45, 7) is 5.98. The zero-order valence-electron chi connectivity index (χ0n) is 15.3. The third-order valence-electron chi connectivity index (χ3n) is 4.66. The number of Topliss-reactive ketones (excluding diaryl/α,β-unsaturated/α-hetero) is 1. The molecule has 5 nitrogen and oxygen atoms in total. The number of carbonyl (C=O) groups excluding carboxylic acids is 2. The third-order valence-corrected chi connectivity index (χ3v) is 4.66. The molecule has 1 heterocycles. The molecule has 2 aromatic rings. The van der Waals surface area contributed by atoms with Crippen molar-refractivity contribution in [3.8, 4) is 5.75 Å². The molecule has 0 unspecified atom stereocenters. The molecule has 1 N–H and O–H groups in total. The Balaban J connectivity index is 2.07. The molecule has 0 aromatic heterocycles. The zero-order valence-corrected chi connectivity index (χ0v) is 15.3. The van der Waals surface area contributed by atoms with Gasteiger partial charge in [0, 0.05) is 17.5 Å². The Labute approximate surface area is 153 Å². The highest BCUT2D eigenvalue weighted by Crippen LogP contribution is 2.45. The highest BCUT2D eigenvalue weighted by molar-refractivity contribution is 6.09. The first-order chi connectivity index (χ1) is 12.4. The van der Waals surface area contributed by atoms with Gasteiger partial charge in [-0.1, -0.05) is 36.4 Å². The van der Waals surface area contributed by atoms with Crippen LogP contribution in [0.1, 0.15) is 37.0 Å². The van der Waals surface area contributed by atoms with E-state index in [9.17, 15) is 14.7 Å². The predicted octanol–water partition coefficient (Wildman–Crippen LogP) is 3.11. The summed E-state index contributed by atoms with van der Waals surface area (Å²) in [4.78, 5) is 26.4. The lowest BCUT2D eigenvalue weighted by Crippen LogP contribution is -2.41. The van der Waals surface area contributed by atoms with Gasteiger partial charge in [-0.05, 0) is 32.4 Å². The maximum absolute atomic E-state index is 13.1. The number of ketones is 1. The third kappa shape index (κ3) is 2.99. The van der Waals surface area contributed by atoms with Gasteiger partial charge in [0.15, 0.2) is 5.60 Å². The van der Waals surface area contributed by atoms with Gasteiger partial charge in [0.05, 0.1) is 18.8 Å². The number of para-hydroxylation sites is 2. The van der Waals surface area contributed by atoms with Crippen LogP contribution in [0.3, 0.4) is 0 Å². The number of hydrogen-bond donors (Lipinski definition) is 1. The van der Waals surface area contributed by atoms with Crippen LogP contribution in [0.5, 0.6) is 5.75 Å². The fourth-order valence-electron chi connectivity index (χ4n) is 3.57. The molecule has 136 valence electrons. The Hall–Kier alpha value is -2.66. The number of ether oxygens (including phenoxy) is 1. The molecule has 0 radical (unpaired) electrons. The molecule has 1 atom stereocenters. The predicted molar refractivity (Wildman–Crippen MR) is 99.2 cm³/mol. The van der Waals surface area contributed by atoms with Gasteiger partial charge in [0.2, 0.25) is 0 Å². The van der Waals surface area contributed by atoms with E-state index in [1.165, 1.54) is 6.92 Å². The number of rotatable bonds is 6. The van der Waals surface area contributed by atoms with Crippen LogP contribution >= 0.6 is 0 Å². The van der Waals surface area contributed by atoms with Crippen molar-refractivity contribution in [3.63, 3.8) is 0 Å². The lowest BCUT2D eigenvalue weighted by molar-refractivity contribution is -0.141. The second kappa shape index (κ2) is 6.92. The van der Waals surface area contributed by atoms with Crippen molar-refractivity contribution in [3.05, 3.63) is 59.2 Å². The van der Waals surface area contributed by atoms with E-state index >= 15 is 0 Å². The second-order valence-corrected chi connectivity index (χ2v) is 6.64. The normalized spacial score (nSPS) is 18.8. The van der Waals surface area contributed by atoms with Crippen LogP contribution < -0.4 is 9.64 Å². The average Bonchev–Trinajstić information content (AvgIpc) is 2.79. The first kappa shape index (κ1) is 18.1. The Morgan fingerprint density at radius 2 is 1.92 bits per heavy atom. The van der Waals surface area contributed by atoms with E-state index in [0.29, 0.717) is 23.6 Å². The summed E-state index contributed by atoms with van der Waals surface area (Å²) in [5.41, 5.74) is 1.08. The van der Waals surface area contributed by atoms with E-state index in [2.05, 4.69) is 0 Å². The highest BCUT2D eigenvalue weighted by atomic mass is 16.5. The molecule has 2 aromatic carbocycles. The first-order valence-electron chi connectivity index (χ1n) is 8.73. The van der Waals surface area contributed by atoms with Crippen LogP contribution in [-0.4, -0.2) is 23.4 Å². The summed E-state index contributed by atoms with van der Waals surface area (Å²) >= 11 is 0. The van der Waals surface area contributed by atoms with E-state index in [4.69, 9.17) is 4.74 Å². The van der Waals surface area contributed by atoms with Gasteiger partial charge in [-0.3, -0.25) is 9.59 Å². The molecule has 3 rings (SSSR count). The minimum Gasteiger partial charge on any atom is -0.494 e. The maximum atomic E-state index is 13.1. The van der Waals surface area contributed by atoms with E-state index in [0.717, 1.165) is 11.1 Å². The molecule has 1 aliphatic heterocycles. The molecular weight excluding hydrogens is 330 g/mol. The largest absolute Gasteiger partial charge is 0.494 e. The fourth-order valence-corrected chi connectivity index (χ4v) is 3.57. The minimum atomic E-state index is -1.81. The molecule has 0 spiro atoms. The summed E-state index contributed by atoms with van der Waals surface area (Å²) in [6.07, 6.45) is -0.230. The topological polar surface area (TPSA) is 66.8 Å². The molecule has 0 aliphatic carbocycles. The number of aryl methyl sites for hydroxylation is 1. The van der Waals surface area contributed by atoms with Crippen molar-refractivity contribution in [2.75, 3.05) is 11.5 Å². The standard InChI is InChI=1S/C21H23NO4/c1-4-26-18-11-6-5-9-16(18)13-22-19-14(2)8-7-10-17(19)21(25,20(22)24)12-15(3)23/h5-11,25H,4,12-13H2,1-3H3/t21-/m0/s1. The van der Waals surface area contributed by atoms with E-state index in [1.54, 1.807) is 17.0 Å². The number of benzene rings is 2. The number of aliphatic hydroxyl groups is 1. The van der Waals surface area contributed by atoms with E-state index < -0.39 is 11.5 Å². The highest BCUT2D eigenvalue weighted by Gasteiger charge is 2.50. The molecular formula is C21H23NO4. The molecule has 5 heteroatoms. The fraction of sp³-hybridized carbons (Fsp3) is 0.333. The molecule has 0 saturated carbocycles. The minimum absolute atomic E-state index is 0.230. The van der Waals surface area contributed by atoms with Crippen LogP contribution in [0, 0.1) is 6.92 Å². The van der Waals surface area contributed by atoms with Crippen LogP contribution in [0.2, 0.25) is 0 Å². The Kier molecular flexibility index (Phi) is 4.83. The number of hydrogen-bond acceptors (Lipinski definition) is 4. The van der Waals surface area contributed by atoms with Crippen molar-refractivity contribution >= 4 is 17.4 Å². The maximum Gasteiger partial charge on any atom is 0.264 e. The molecule has 1 amide bonds. The van der Waals surface area contributed by atoms with E-state index in [1.807, 2.05) is 44.2 Å². The summed E-state index contributed by atoms with van der Waals surface area (Å²) in [5, 5.41) is 11.1. The van der Waals surface area contributed by atoms with Gasteiger partial charge in [0.25, 0.3) is 5.91 Å². The molecule has 26 heavy (non-hydrogen) atoms. The summed E-state index contributed by atoms with van der Waals surface area (Å²) in [7, 11) is 0. The Morgan fingerprint density at radius 3 is 2.62 bits per heavy atom. The van der Waals surface area contributed by atoms with Gasteiger partial charge in [-0.15, -0.1) is 0 Å². The van der Waals surface area contributed by atoms with Crippen LogP contribution in [0.25, 0.3) is 0 Å². The summed E-state index contributed by atoms with van der Waals surface area (Å²) < 4.78 is 5.66. The Morgan fingerprint density at radius 1 is 1.19 bits per heavy atom. The number of fused-ring (bicyclic) bond motifs is 1. The zero-order chi connectivity index (χ0) is 18.9. The van der Waals surface area contributed by atoms with Crippen LogP contribution in [-0.2, 0) is 21.7 Å². The van der Waals surface area contributed by atoms with Crippen molar-refractivity contribution in [1.29, 1.82) is 0 Å². The molecule has 0 saturated heterocycles. The lowest BCUT2D eigenvalue weighted by atomic mass is 9.89. The summed E-state index contributed by atoms with van der Waals surface area (Å²) in [5.74, 6) is 0.00751. The van der Waals surface area contributed by atoms with Gasteiger partial charge in [0.1, 0.15) is 11.5 Å². The number of amides is 1. The number of anilines is 1. The van der Waals surface area contributed by atoms with E-state index in [-0.39, 0.29) is 18.7 Å². The Bertz CT molecular complexity index is 861. The first-order valence-corrected chi connectivity index (χ1v) is 8.73. The smallest absolute Gasteiger partial charge is 0.264 e. The van der Waals surface area contributed by atoms with Crippen molar-refractivity contribution in [2.45, 2.75) is 39.3 Å². The summed E-state index contributed by atoms with van der Waals surface area (Å²) in [6, 6.07) is 12.9. The van der Waals surface area contributed by atoms with Crippen LogP contribution in [0.4, 0.5) is 5.69 Å². The van der Waals surface area contributed by atoms with Crippen molar-refractivity contribution < 1.29 is 19.4 Å². The second-order valence-electron chi connectivity index (χ2n) is 6.64. The molecule has 0 fully saturated rings. The van der Waals surface area contributed by atoms with Crippen molar-refractivity contribution in [1.82, 2.24) is 0 Å². The molecule has 1 aliphatic rings. The molecule has 0 bridgehead atoms. The number of nitrogens with zero attached hydrogens (tertiary/aromatic N) is 1. The quantitative estimate of drug-likeness (QED) is 0.866. The van der Waals surface area contributed by atoms with Crippen molar-refractivity contribution in [2.24, 2.45) is 0 Å². The average molecular weight is 353 g/mol. The monoisotopic (exact) mass is 353 g/mol. The van der Waals surface area contributed by atoms with Gasteiger partial charge in [-0.2, -0.15) is 0 Å². The van der Waals surface area contributed by atoms with Gasteiger partial charge < -0.3 is 14.7 Å². The van der Waals surface area contributed by atoms with Gasteiger partial charge >= 0.3 is 0 Å².